The molecule has 1 aromatic heterocycles. The fourth-order valence-electron chi connectivity index (χ4n) is 1.79. The summed E-state index contributed by atoms with van der Waals surface area (Å²) in [6.45, 7) is 6.20. The Labute approximate surface area is 95.8 Å². The van der Waals surface area contributed by atoms with Gasteiger partial charge in [0, 0.05) is 13.5 Å². The van der Waals surface area contributed by atoms with E-state index < -0.39 is 0 Å². The molecule has 86 valence electrons. The third-order valence-electron chi connectivity index (χ3n) is 2.91. The topological polar surface area (TPSA) is 37.9 Å². The van der Waals surface area contributed by atoms with Crippen molar-refractivity contribution in [2.75, 3.05) is 7.11 Å². The Morgan fingerprint density at radius 1 is 1.38 bits per heavy atom. The zero-order chi connectivity index (χ0) is 11.8. The maximum atomic E-state index is 5.41. The lowest BCUT2D eigenvalue weighted by molar-refractivity contribution is 0.0218. The Bertz CT molecular complexity index is 500. The van der Waals surface area contributed by atoms with Crippen LogP contribution in [-0.4, -0.2) is 22.7 Å². The van der Waals surface area contributed by atoms with Gasteiger partial charge in [-0.05, 0) is 32.4 Å². The van der Waals surface area contributed by atoms with Gasteiger partial charge in [0.1, 0.15) is 5.82 Å². The number of nitrogens with one attached hydrogen (secondary N) is 1. The van der Waals surface area contributed by atoms with E-state index in [4.69, 9.17) is 4.74 Å². The number of hydrogen-bond donors (Lipinski definition) is 1. The van der Waals surface area contributed by atoms with Crippen molar-refractivity contribution in [3.8, 4) is 0 Å². The molecule has 0 unspecified atom stereocenters. The summed E-state index contributed by atoms with van der Waals surface area (Å²) >= 11 is 0. The number of rotatable bonds is 3. The molecule has 1 heterocycles. The predicted octanol–water partition coefficient (Wildman–Crippen LogP) is 2.84. The van der Waals surface area contributed by atoms with E-state index in [9.17, 15) is 0 Å². The average molecular weight is 218 g/mol. The van der Waals surface area contributed by atoms with Crippen molar-refractivity contribution in [2.45, 2.75) is 32.8 Å². The molecule has 2 aromatic rings. The predicted molar refractivity (Wildman–Crippen MR) is 65.6 cm³/mol. The molecule has 0 radical (unpaired) electrons. The molecule has 3 heteroatoms. The first-order chi connectivity index (χ1) is 7.52. The van der Waals surface area contributed by atoms with Gasteiger partial charge < -0.3 is 9.72 Å². The fraction of sp³-hybridized carbons (Fsp3) is 0.462. The zero-order valence-electron chi connectivity index (χ0n) is 10.3. The Kier molecular flexibility index (Phi) is 2.72. The molecule has 0 aliphatic carbocycles. The van der Waals surface area contributed by atoms with Gasteiger partial charge in [-0.3, -0.25) is 0 Å². The summed E-state index contributed by atoms with van der Waals surface area (Å²) in [5.41, 5.74) is 3.18. The lowest BCUT2D eigenvalue weighted by Crippen LogP contribution is -2.26. The number of benzene rings is 1. The number of imidazole rings is 1. The summed E-state index contributed by atoms with van der Waals surface area (Å²) in [6, 6.07) is 6.17. The number of aromatic nitrogens is 2. The Morgan fingerprint density at radius 2 is 2.12 bits per heavy atom. The fourth-order valence-corrected chi connectivity index (χ4v) is 1.79. The number of nitrogens with zero attached hydrogens (tertiary/aromatic N) is 1. The molecular weight excluding hydrogens is 200 g/mol. The highest BCUT2D eigenvalue weighted by Crippen LogP contribution is 2.19. The van der Waals surface area contributed by atoms with Crippen molar-refractivity contribution in [2.24, 2.45) is 0 Å². The van der Waals surface area contributed by atoms with Crippen LogP contribution in [0.2, 0.25) is 0 Å². The number of hydrogen-bond acceptors (Lipinski definition) is 2. The monoisotopic (exact) mass is 218 g/mol. The van der Waals surface area contributed by atoms with Gasteiger partial charge in [-0.2, -0.15) is 0 Å². The third-order valence-corrected chi connectivity index (χ3v) is 2.91. The minimum atomic E-state index is -0.179. The summed E-state index contributed by atoms with van der Waals surface area (Å²) in [5.74, 6) is 0.983. The van der Waals surface area contributed by atoms with Crippen LogP contribution in [0.15, 0.2) is 18.2 Å². The maximum Gasteiger partial charge on any atom is 0.110 e. The summed E-state index contributed by atoms with van der Waals surface area (Å²) in [7, 11) is 1.73. The molecule has 0 amide bonds. The summed E-state index contributed by atoms with van der Waals surface area (Å²) in [4.78, 5) is 7.95. The molecule has 16 heavy (non-hydrogen) atoms. The number of para-hydroxylation sites is 1. The molecule has 2 rings (SSSR count). The number of fused-ring (bicyclic) bond motifs is 1. The first-order valence-electron chi connectivity index (χ1n) is 5.51. The normalized spacial score (nSPS) is 12.2. The first-order valence-corrected chi connectivity index (χ1v) is 5.51. The second-order valence-electron chi connectivity index (χ2n) is 4.80. The van der Waals surface area contributed by atoms with Gasteiger partial charge in [-0.25, -0.2) is 4.98 Å². The molecule has 0 bridgehead atoms. The molecule has 0 saturated heterocycles. The van der Waals surface area contributed by atoms with Gasteiger partial charge >= 0.3 is 0 Å². The van der Waals surface area contributed by atoms with E-state index in [0.717, 1.165) is 23.3 Å². The van der Waals surface area contributed by atoms with Crippen LogP contribution < -0.4 is 0 Å². The van der Waals surface area contributed by atoms with Gasteiger partial charge in [0.15, 0.2) is 0 Å². The van der Waals surface area contributed by atoms with E-state index in [1.165, 1.54) is 5.56 Å². The van der Waals surface area contributed by atoms with E-state index in [0.29, 0.717) is 0 Å². The van der Waals surface area contributed by atoms with Crippen LogP contribution in [0.25, 0.3) is 11.0 Å². The van der Waals surface area contributed by atoms with Crippen LogP contribution in [0.5, 0.6) is 0 Å². The van der Waals surface area contributed by atoms with Crippen molar-refractivity contribution in [3.63, 3.8) is 0 Å². The van der Waals surface area contributed by atoms with Crippen molar-refractivity contribution < 1.29 is 4.74 Å². The summed E-state index contributed by atoms with van der Waals surface area (Å²) < 4.78 is 5.41. The Balaban J connectivity index is 2.37. The minimum Gasteiger partial charge on any atom is -0.378 e. The minimum absolute atomic E-state index is 0.179. The highest BCUT2D eigenvalue weighted by Gasteiger charge is 2.19. The molecule has 3 nitrogen and oxygen atoms in total. The van der Waals surface area contributed by atoms with Gasteiger partial charge in [0.25, 0.3) is 0 Å². The van der Waals surface area contributed by atoms with Crippen LogP contribution >= 0.6 is 0 Å². The Hall–Kier alpha value is -1.35. The number of aromatic amines is 1. The van der Waals surface area contributed by atoms with Crippen molar-refractivity contribution in [3.05, 3.63) is 29.6 Å². The molecule has 0 spiro atoms. The smallest absolute Gasteiger partial charge is 0.110 e. The van der Waals surface area contributed by atoms with E-state index >= 15 is 0 Å². The van der Waals surface area contributed by atoms with Gasteiger partial charge in [-0.1, -0.05) is 12.1 Å². The highest BCUT2D eigenvalue weighted by atomic mass is 16.5. The van der Waals surface area contributed by atoms with Crippen LogP contribution in [-0.2, 0) is 11.2 Å². The van der Waals surface area contributed by atoms with E-state index in [-0.39, 0.29) is 5.60 Å². The maximum absolute atomic E-state index is 5.41. The summed E-state index contributed by atoms with van der Waals surface area (Å²) in [6.07, 6.45) is 0.789. The molecule has 0 aliphatic rings. The van der Waals surface area contributed by atoms with Crippen LogP contribution in [0.3, 0.4) is 0 Å². The quantitative estimate of drug-likeness (QED) is 0.860. The van der Waals surface area contributed by atoms with Crippen molar-refractivity contribution in [1.82, 2.24) is 9.97 Å². The SMILES string of the molecule is COC(C)(C)Cc1nc2c(C)cccc2[nH]1. The van der Waals surface area contributed by atoms with E-state index in [2.05, 4.69) is 42.9 Å². The zero-order valence-corrected chi connectivity index (χ0v) is 10.3. The third kappa shape index (κ3) is 2.09. The number of ether oxygens (including phenoxy) is 1. The highest BCUT2D eigenvalue weighted by molar-refractivity contribution is 5.78. The van der Waals surface area contributed by atoms with Gasteiger partial charge in [-0.15, -0.1) is 0 Å². The lowest BCUT2D eigenvalue weighted by atomic mass is 10.1. The molecule has 0 saturated carbocycles. The molecule has 0 aliphatic heterocycles. The van der Waals surface area contributed by atoms with E-state index in [1.807, 2.05) is 6.07 Å². The van der Waals surface area contributed by atoms with Crippen LogP contribution in [0.1, 0.15) is 25.2 Å². The second-order valence-corrected chi connectivity index (χ2v) is 4.80. The van der Waals surface area contributed by atoms with Gasteiger partial charge in [0.2, 0.25) is 0 Å². The largest absolute Gasteiger partial charge is 0.378 e. The lowest BCUT2D eigenvalue weighted by Gasteiger charge is -2.21. The average Bonchev–Trinajstić information content (AvgIpc) is 2.61. The Morgan fingerprint density at radius 3 is 2.75 bits per heavy atom. The number of methoxy groups -OCH3 is 1. The molecule has 1 N–H and O–H groups in total. The van der Waals surface area contributed by atoms with Crippen molar-refractivity contribution >= 4 is 11.0 Å². The number of aryl methyl sites for hydroxylation is 1. The second kappa shape index (κ2) is 3.91. The summed E-state index contributed by atoms with van der Waals surface area (Å²) in [5, 5.41) is 0. The van der Waals surface area contributed by atoms with E-state index in [1.54, 1.807) is 7.11 Å². The molecule has 0 fully saturated rings. The van der Waals surface area contributed by atoms with Crippen molar-refractivity contribution in [1.29, 1.82) is 0 Å². The van der Waals surface area contributed by atoms with Crippen LogP contribution in [0, 0.1) is 6.92 Å². The van der Waals surface area contributed by atoms with Gasteiger partial charge in [0.05, 0.1) is 16.6 Å². The first kappa shape index (κ1) is 11.1. The number of H-pyrrole nitrogens is 1. The molecule has 0 atom stereocenters. The molecular formula is C13H18N2O. The standard InChI is InChI=1S/C13H18N2O/c1-9-6-5-7-10-12(9)15-11(14-10)8-13(2,3)16-4/h5-7H,8H2,1-4H3,(H,14,15). The molecule has 1 aromatic carbocycles. The van der Waals surface area contributed by atoms with Crippen LogP contribution in [0.4, 0.5) is 0 Å².